The minimum atomic E-state index is 0.254. The molecule has 3 nitrogen and oxygen atoms in total. The summed E-state index contributed by atoms with van der Waals surface area (Å²) in [5.41, 5.74) is 6.81. The highest BCUT2D eigenvalue weighted by molar-refractivity contribution is 6.10. The minimum Gasteiger partial charge on any atom is -0.350 e. The number of fused-ring (bicyclic) bond motifs is 6. The molecule has 0 unspecified atom stereocenters. The van der Waals surface area contributed by atoms with Gasteiger partial charge in [-0.25, -0.2) is 0 Å². The van der Waals surface area contributed by atoms with Crippen LogP contribution in [-0.4, -0.2) is 34.3 Å². The molecule has 0 saturated carbocycles. The lowest BCUT2D eigenvalue weighted by Crippen LogP contribution is -2.68. The average Bonchev–Trinajstić information content (AvgIpc) is 3.07. The predicted octanol–water partition coefficient (Wildman–Crippen LogP) is 6.11. The molecule has 2 bridgehead atoms. The van der Waals surface area contributed by atoms with Crippen LogP contribution in [0.1, 0.15) is 32.3 Å². The van der Waals surface area contributed by atoms with E-state index < -0.39 is 0 Å². The third-order valence-corrected chi connectivity index (χ3v) is 7.62. The smallest absolute Gasteiger partial charge is 0.0798 e. The Hall–Kier alpha value is -2.78. The molecule has 152 valence electrons. The molecule has 0 N–H and O–H groups in total. The Morgan fingerprint density at radius 2 is 1.53 bits per heavy atom. The number of hydrogen-bond acceptors (Lipinski definition) is 2. The van der Waals surface area contributed by atoms with Gasteiger partial charge in [-0.15, -0.1) is 0 Å². The van der Waals surface area contributed by atoms with Gasteiger partial charge in [0.15, 0.2) is 0 Å². The van der Waals surface area contributed by atoms with Crippen LogP contribution < -0.4 is 4.90 Å². The normalized spacial score (nSPS) is 26.0. The zero-order valence-electron chi connectivity index (χ0n) is 18.1. The molecule has 3 aliphatic heterocycles. The number of piperidine rings is 1. The molecule has 3 fully saturated rings. The topological polar surface area (TPSA) is 11.4 Å². The van der Waals surface area contributed by atoms with Crippen molar-refractivity contribution >= 4 is 27.5 Å². The number of aromatic nitrogens is 1. The molecule has 3 saturated heterocycles. The number of hydrogen-bond donors (Lipinski definition) is 0. The van der Waals surface area contributed by atoms with Crippen LogP contribution in [0.2, 0.25) is 0 Å². The van der Waals surface area contributed by atoms with E-state index in [1.165, 1.54) is 64.7 Å². The summed E-state index contributed by atoms with van der Waals surface area (Å²) in [4.78, 5) is 5.35. The van der Waals surface area contributed by atoms with E-state index >= 15 is 0 Å². The molecular weight excluding hydrogens is 366 g/mol. The highest BCUT2D eigenvalue weighted by Crippen LogP contribution is 2.44. The average molecular weight is 396 g/mol. The van der Waals surface area contributed by atoms with Gasteiger partial charge in [-0.1, -0.05) is 36.4 Å². The van der Waals surface area contributed by atoms with Gasteiger partial charge in [0.25, 0.3) is 0 Å². The largest absolute Gasteiger partial charge is 0.350 e. The van der Waals surface area contributed by atoms with Crippen molar-refractivity contribution in [2.45, 2.75) is 45.3 Å². The van der Waals surface area contributed by atoms with Gasteiger partial charge < -0.3 is 9.47 Å². The number of benzene rings is 3. The van der Waals surface area contributed by atoms with Gasteiger partial charge in [0.1, 0.15) is 0 Å². The highest BCUT2D eigenvalue weighted by Gasteiger charge is 2.46. The first kappa shape index (κ1) is 18.0. The van der Waals surface area contributed by atoms with E-state index in [0.29, 0.717) is 6.17 Å². The Bertz CT molecular complexity index is 1250. The lowest BCUT2D eigenvalue weighted by Gasteiger charge is -2.60. The van der Waals surface area contributed by atoms with Crippen LogP contribution in [0, 0.1) is 6.92 Å². The molecular formula is C27H29N3. The lowest BCUT2D eigenvalue weighted by atomic mass is 9.82. The standard InChI is InChI=1S/C27H29N3/c1-19-17-26-23(18-25(19)30-20(2)28-15-13-27(30,3)14-16-28)22-11-7-8-12-24(22)29(26)21-9-5-4-6-10-21/h4-12,17-18,20H,13-16H2,1-3H3/t20-/m0/s1. The van der Waals surface area contributed by atoms with Crippen LogP contribution in [0.15, 0.2) is 66.7 Å². The van der Waals surface area contributed by atoms with Gasteiger partial charge in [0.2, 0.25) is 0 Å². The molecule has 3 aliphatic rings. The van der Waals surface area contributed by atoms with Gasteiger partial charge in [-0.3, -0.25) is 4.90 Å². The third kappa shape index (κ3) is 2.42. The SMILES string of the molecule is Cc1cc2c(cc1N1[C@@H](C)N3CCC1(C)CC3)c1ccccc1n2-c1ccccc1. The van der Waals surface area contributed by atoms with Gasteiger partial charge >= 0.3 is 0 Å². The maximum atomic E-state index is 2.71. The van der Waals surface area contributed by atoms with Gasteiger partial charge in [-0.2, -0.15) is 0 Å². The van der Waals surface area contributed by atoms with Crippen LogP contribution in [0.3, 0.4) is 0 Å². The molecule has 7 rings (SSSR count). The molecule has 3 aromatic carbocycles. The van der Waals surface area contributed by atoms with Gasteiger partial charge in [-0.05, 0) is 69.5 Å². The molecule has 0 aliphatic carbocycles. The second-order valence-electron chi connectivity index (χ2n) is 9.38. The Labute approximate surface area is 178 Å². The summed E-state index contributed by atoms with van der Waals surface area (Å²) >= 11 is 0. The zero-order valence-corrected chi connectivity index (χ0v) is 18.1. The molecule has 4 aromatic rings. The first-order valence-corrected chi connectivity index (χ1v) is 11.2. The summed E-state index contributed by atoms with van der Waals surface area (Å²) in [7, 11) is 0. The third-order valence-electron chi connectivity index (χ3n) is 7.62. The number of para-hydroxylation sites is 2. The summed E-state index contributed by atoms with van der Waals surface area (Å²) in [6.07, 6.45) is 2.96. The van der Waals surface area contributed by atoms with E-state index in [4.69, 9.17) is 0 Å². The fourth-order valence-corrected chi connectivity index (χ4v) is 5.95. The number of rotatable bonds is 2. The van der Waals surface area contributed by atoms with Crippen molar-refractivity contribution in [3.8, 4) is 5.69 Å². The first-order chi connectivity index (χ1) is 14.6. The molecule has 0 radical (unpaired) electrons. The summed E-state index contributed by atoms with van der Waals surface area (Å²) in [6, 6.07) is 24.4. The van der Waals surface area contributed by atoms with E-state index in [1.54, 1.807) is 0 Å². The van der Waals surface area contributed by atoms with Crippen LogP contribution in [0.4, 0.5) is 5.69 Å². The van der Waals surface area contributed by atoms with Crippen molar-refractivity contribution in [3.63, 3.8) is 0 Å². The molecule has 0 amide bonds. The first-order valence-electron chi connectivity index (χ1n) is 11.2. The van der Waals surface area contributed by atoms with E-state index in [0.717, 1.165) is 0 Å². The number of nitrogens with zero attached hydrogens (tertiary/aromatic N) is 3. The second kappa shape index (κ2) is 6.36. The quantitative estimate of drug-likeness (QED) is 0.405. The summed E-state index contributed by atoms with van der Waals surface area (Å²) in [5, 5.41) is 2.68. The Morgan fingerprint density at radius 3 is 2.27 bits per heavy atom. The highest BCUT2D eigenvalue weighted by atomic mass is 15.4. The van der Waals surface area contributed by atoms with Crippen LogP contribution in [0.5, 0.6) is 0 Å². The van der Waals surface area contributed by atoms with Crippen molar-refractivity contribution in [1.82, 2.24) is 9.47 Å². The van der Waals surface area contributed by atoms with E-state index in [1.807, 2.05) is 0 Å². The molecule has 1 aromatic heterocycles. The maximum Gasteiger partial charge on any atom is 0.0798 e. The summed E-state index contributed by atoms with van der Waals surface area (Å²) in [6.45, 7) is 9.59. The molecule has 4 heterocycles. The molecule has 0 spiro atoms. The Morgan fingerprint density at radius 1 is 0.833 bits per heavy atom. The van der Waals surface area contributed by atoms with Crippen molar-refractivity contribution in [2.75, 3.05) is 18.0 Å². The Kier molecular flexibility index (Phi) is 3.82. The summed E-state index contributed by atoms with van der Waals surface area (Å²) in [5.74, 6) is 0. The van der Waals surface area contributed by atoms with E-state index in [-0.39, 0.29) is 5.54 Å². The second-order valence-corrected chi connectivity index (χ2v) is 9.38. The van der Waals surface area contributed by atoms with Crippen molar-refractivity contribution in [1.29, 1.82) is 0 Å². The van der Waals surface area contributed by atoms with Gasteiger partial charge in [0, 0.05) is 40.8 Å². The van der Waals surface area contributed by atoms with Crippen molar-refractivity contribution in [2.24, 2.45) is 0 Å². The summed E-state index contributed by atoms with van der Waals surface area (Å²) < 4.78 is 2.42. The monoisotopic (exact) mass is 395 g/mol. The fourth-order valence-electron chi connectivity index (χ4n) is 5.95. The zero-order chi connectivity index (χ0) is 20.5. The van der Waals surface area contributed by atoms with Crippen LogP contribution >= 0.6 is 0 Å². The van der Waals surface area contributed by atoms with Crippen molar-refractivity contribution < 1.29 is 0 Å². The van der Waals surface area contributed by atoms with Crippen LogP contribution in [0.25, 0.3) is 27.5 Å². The van der Waals surface area contributed by atoms with E-state index in [9.17, 15) is 0 Å². The van der Waals surface area contributed by atoms with Gasteiger partial charge in [0.05, 0.1) is 17.2 Å². The lowest BCUT2D eigenvalue weighted by molar-refractivity contribution is 0.0486. The molecule has 30 heavy (non-hydrogen) atoms. The maximum absolute atomic E-state index is 2.71. The number of anilines is 1. The molecule has 3 heteroatoms. The fraction of sp³-hybridized carbons (Fsp3) is 0.333. The Balaban J connectivity index is 1.63. The van der Waals surface area contributed by atoms with Crippen molar-refractivity contribution in [3.05, 3.63) is 72.3 Å². The molecule has 1 atom stereocenters. The van der Waals surface area contributed by atoms with E-state index in [2.05, 4.69) is 102 Å². The predicted molar refractivity (Wildman–Crippen MR) is 127 cm³/mol. The van der Waals surface area contributed by atoms with Crippen LogP contribution in [-0.2, 0) is 0 Å². The minimum absolute atomic E-state index is 0.254. The number of aryl methyl sites for hydroxylation is 1.